The molecule has 2 spiro atoms. The molecule has 0 bridgehead atoms. The van der Waals surface area contributed by atoms with Crippen molar-refractivity contribution in [2.75, 3.05) is 9.80 Å². The summed E-state index contributed by atoms with van der Waals surface area (Å²) in [6, 6.07) is 141. The Morgan fingerprint density at radius 1 is 0.190 bits per heavy atom. The Hall–Kier alpha value is -13.5. The number of hydrogen-bond acceptors (Lipinski definition) is 2. The van der Waals surface area contributed by atoms with Gasteiger partial charge in [0, 0.05) is 28.3 Å². The first kappa shape index (κ1) is 59.2. The average Bonchev–Trinajstić information content (AvgIpc) is 1.51. The highest BCUT2D eigenvalue weighted by atomic mass is 19.1. The third-order valence-corrected chi connectivity index (χ3v) is 23.4. The quantitative estimate of drug-likeness (QED) is 0.142. The van der Waals surface area contributed by atoms with Crippen LogP contribution < -0.4 is 9.80 Å². The van der Waals surface area contributed by atoms with E-state index in [1.165, 1.54) is 121 Å². The molecule has 2 nitrogen and oxygen atoms in total. The standard InChI is InChI=1S/C102H63FN2/c103-96-44-20-21-45-97(96)104(73-29-6-2-7-30-73)75-50-46-67-60-87-95(62-71(67)57-75)102(90-42-18-14-36-83(90)84-37-15-19-43-91(84)102)93-55-53-80-77(38-23-39-85(80)100(87)93)69-27-22-28-70(56-69)78-52-48-68(64-24-4-1-5-25-64)63-98(78)105(74-31-8-3-9-32-74)76-51-47-66-59-86-94(61-72(66)58-76)101(92-54-49-65-26-10-11-33-79(65)99(86)92)88-40-16-12-34-81(88)82-35-13-17-41-89(82)101/h1-63H. The topological polar surface area (TPSA) is 6.48 Å². The number of fused-ring (bicyclic) bond motifs is 26. The van der Waals surface area contributed by atoms with Gasteiger partial charge in [0.2, 0.25) is 0 Å². The van der Waals surface area contributed by atoms with Crippen LogP contribution in [0.3, 0.4) is 0 Å². The van der Waals surface area contributed by atoms with Crippen molar-refractivity contribution in [2.24, 2.45) is 0 Å². The zero-order chi connectivity index (χ0) is 69.1. The van der Waals surface area contributed by atoms with Crippen molar-refractivity contribution in [3.05, 3.63) is 433 Å². The second-order valence-electron chi connectivity index (χ2n) is 28.6. The second kappa shape index (κ2) is 22.8. The van der Waals surface area contributed by atoms with Gasteiger partial charge in [0.05, 0.1) is 22.2 Å². The van der Waals surface area contributed by atoms with E-state index in [9.17, 15) is 0 Å². The van der Waals surface area contributed by atoms with Gasteiger partial charge in [-0.05, 0) is 257 Å². The van der Waals surface area contributed by atoms with Crippen molar-refractivity contribution in [2.45, 2.75) is 10.8 Å². The highest BCUT2D eigenvalue weighted by molar-refractivity contribution is 6.14. The second-order valence-corrected chi connectivity index (χ2v) is 28.6. The maximum atomic E-state index is 16.1. The zero-order valence-corrected chi connectivity index (χ0v) is 57.1. The molecule has 0 fully saturated rings. The SMILES string of the molecule is Fc1ccccc1N(c1ccccc1)c1ccc2cc3c(cc2c1)C1(c2ccccc2-c2ccccc21)c1ccc2c(-c4cccc(-c5ccc(-c6ccccc6)cc5N(c5ccccc5)c5ccc6cc7c(cc6c5)C5(c6ccccc6-c6ccccc65)c5ccc6ccccc6c5-7)c4)cccc2c1-3. The van der Waals surface area contributed by atoms with Crippen molar-refractivity contribution in [3.8, 4) is 77.9 Å². The van der Waals surface area contributed by atoms with Gasteiger partial charge >= 0.3 is 0 Å². The predicted octanol–water partition coefficient (Wildman–Crippen LogP) is 27.1. The van der Waals surface area contributed by atoms with E-state index in [1.807, 2.05) is 47.4 Å². The van der Waals surface area contributed by atoms with E-state index in [2.05, 4.69) is 332 Å². The molecule has 0 unspecified atom stereocenters. The van der Waals surface area contributed by atoms with Gasteiger partial charge < -0.3 is 9.80 Å². The van der Waals surface area contributed by atoms with E-state index < -0.39 is 10.8 Å². The van der Waals surface area contributed by atoms with Crippen molar-refractivity contribution >= 4 is 77.2 Å². The maximum absolute atomic E-state index is 16.1. The number of nitrogens with zero attached hydrogens (tertiary/aromatic N) is 2. The minimum Gasteiger partial charge on any atom is -0.310 e. The molecule has 18 aromatic carbocycles. The first-order chi connectivity index (χ1) is 52.0. The highest BCUT2D eigenvalue weighted by Gasteiger charge is 2.54. The minimum atomic E-state index is -0.618. The van der Waals surface area contributed by atoms with Crippen LogP contribution in [0.25, 0.3) is 121 Å². The molecular weight excluding hydrogens is 1270 g/mol. The van der Waals surface area contributed by atoms with E-state index in [1.54, 1.807) is 12.1 Å². The minimum absolute atomic E-state index is 0.281. The van der Waals surface area contributed by atoms with Crippen molar-refractivity contribution < 1.29 is 4.39 Å². The lowest BCUT2D eigenvalue weighted by Gasteiger charge is -2.31. The molecule has 0 saturated heterocycles. The molecule has 0 aromatic heterocycles. The number of hydrogen-bond donors (Lipinski definition) is 0. The first-order valence-corrected chi connectivity index (χ1v) is 36.4. The van der Waals surface area contributed by atoms with Crippen LogP contribution in [-0.2, 0) is 10.8 Å². The lowest BCUT2D eigenvalue weighted by molar-refractivity contribution is 0.629. The Kier molecular flexibility index (Phi) is 12.8. The van der Waals surface area contributed by atoms with Gasteiger partial charge in [-0.3, -0.25) is 0 Å². The molecular formula is C102H63FN2. The molecule has 0 heterocycles. The van der Waals surface area contributed by atoms with Gasteiger partial charge in [-0.2, -0.15) is 0 Å². The molecule has 105 heavy (non-hydrogen) atoms. The zero-order valence-electron chi connectivity index (χ0n) is 57.1. The van der Waals surface area contributed by atoms with Gasteiger partial charge in [-0.1, -0.05) is 285 Å². The van der Waals surface area contributed by atoms with Gasteiger partial charge in [-0.15, -0.1) is 0 Å². The molecule has 0 saturated carbocycles. The van der Waals surface area contributed by atoms with Crippen molar-refractivity contribution in [1.82, 2.24) is 0 Å². The van der Waals surface area contributed by atoms with Gasteiger partial charge in [0.15, 0.2) is 0 Å². The summed E-state index contributed by atoms with van der Waals surface area (Å²) in [5.74, 6) is -0.281. The summed E-state index contributed by atoms with van der Waals surface area (Å²) in [5.41, 5.74) is 31.7. The summed E-state index contributed by atoms with van der Waals surface area (Å²) < 4.78 is 16.1. The highest BCUT2D eigenvalue weighted by Crippen LogP contribution is 2.67. The Labute approximate surface area is 608 Å². The molecule has 0 N–H and O–H groups in total. The Bertz CT molecular complexity index is 6600. The van der Waals surface area contributed by atoms with Crippen LogP contribution in [0.2, 0.25) is 0 Å². The molecule has 4 aliphatic carbocycles. The van der Waals surface area contributed by atoms with Crippen LogP contribution in [-0.4, -0.2) is 0 Å². The van der Waals surface area contributed by atoms with Crippen LogP contribution in [0.15, 0.2) is 382 Å². The van der Waals surface area contributed by atoms with E-state index >= 15 is 4.39 Å². The molecule has 3 heteroatoms. The summed E-state index contributed by atoms with van der Waals surface area (Å²) in [5, 5.41) is 9.49. The molecule has 0 aliphatic heterocycles. The van der Waals surface area contributed by atoms with E-state index in [0.717, 1.165) is 72.6 Å². The molecule has 22 rings (SSSR count). The van der Waals surface area contributed by atoms with Crippen molar-refractivity contribution in [3.63, 3.8) is 0 Å². The smallest absolute Gasteiger partial charge is 0.147 e. The van der Waals surface area contributed by atoms with Crippen LogP contribution in [0, 0.1) is 5.82 Å². The summed E-state index contributed by atoms with van der Waals surface area (Å²) in [6.45, 7) is 0. The Balaban J connectivity index is 0.720. The summed E-state index contributed by atoms with van der Waals surface area (Å²) in [6.07, 6.45) is 0. The number of benzene rings is 18. The summed E-state index contributed by atoms with van der Waals surface area (Å²) in [4.78, 5) is 4.52. The monoisotopic (exact) mass is 1330 g/mol. The molecule has 0 radical (unpaired) electrons. The van der Waals surface area contributed by atoms with Crippen LogP contribution in [0.5, 0.6) is 0 Å². The number of halogens is 1. The summed E-state index contributed by atoms with van der Waals surface area (Å²) >= 11 is 0. The van der Waals surface area contributed by atoms with E-state index in [0.29, 0.717) is 5.69 Å². The van der Waals surface area contributed by atoms with Gasteiger partial charge in [-0.25, -0.2) is 4.39 Å². The van der Waals surface area contributed by atoms with Gasteiger partial charge in [0.25, 0.3) is 0 Å². The predicted molar refractivity (Wildman–Crippen MR) is 435 cm³/mol. The lowest BCUT2D eigenvalue weighted by atomic mass is 9.70. The third-order valence-electron chi connectivity index (χ3n) is 23.4. The fourth-order valence-electron chi connectivity index (χ4n) is 19.2. The molecule has 0 atom stereocenters. The number of anilines is 6. The third kappa shape index (κ3) is 8.46. The molecule has 18 aromatic rings. The van der Waals surface area contributed by atoms with E-state index in [-0.39, 0.29) is 5.82 Å². The molecule has 0 amide bonds. The van der Waals surface area contributed by atoms with Crippen LogP contribution in [0.1, 0.15) is 44.5 Å². The van der Waals surface area contributed by atoms with Crippen LogP contribution in [0.4, 0.5) is 38.5 Å². The average molecular weight is 1340 g/mol. The first-order valence-electron chi connectivity index (χ1n) is 36.4. The lowest BCUT2D eigenvalue weighted by Crippen LogP contribution is -2.25. The largest absolute Gasteiger partial charge is 0.310 e. The Morgan fingerprint density at radius 2 is 0.629 bits per heavy atom. The Morgan fingerprint density at radius 3 is 1.21 bits per heavy atom. The molecule has 488 valence electrons. The fraction of sp³-hybridized carbons (Fsp3) is 0.0196. The van der Waals surface area contributed by atoms with E-state index in [4.69, 9.17) is 0 Å². The summed E-state index contributed by atoms with van der Waals surface area (Å²) in [7, 11) is 0. The number of para-hydroxylation sites is 3. The van der Waals surface area contributed by atoms with Crippen molar-refractivity contribution in [1.29, 1.82) is 0 Å². The van der Waals surface area contributed by atoms with Gasteiger partial charge in [0.1, 0.15) is 5.82 Å². The maximum Gasteiger partial charge on any atom is 0.147 e. The molecule has 4 aliphatic rings. The number of rotatable bonds is 9. The fourth-order valence-corrected chi connectivity index (χ4v) is 19.2. The van der Waals surface area contributed by atoms with Crippen LogP contribution >= 0.6 is 0 Å². The normalized spacial score (nSPS) is 13.3.